The van der Waals surface area contributed by atoms with Crippen molar-refractivity contribution in [2.75, 3.05) is 44.8 Å². The van der Waals surface area contributed by atoms with Gasteiger partial charge >= 0.3 is 12.0 Å². The minimum atomic E-state index is -1.12. The normalized spacial score (nSPS) is 16.2. The van der Waals surface area contributed by atoms with Crippen molar-refractivity contribution in [3.8, 4) is 5.75 Å². The van der Waals surface area contributed by atoms with Gasteiger partial charge in [0.05, 0.1) is 26.2 Å². The van der Waals surface area contributed by atoms with Gasteiger partial charge in [-0.1, -0.05) is 50.6 Å². The Bertz CT molecular complexity index is 1200. The van der Waals surface area contributed by atoms with Crippen LogP contribution in [-0.4, -0.2) is 67.8 Å². The monoisotopic (exact) mass is 573 g/mol. The van der Waals surface area contributed by atoms with Crippen LogP contribution in [0.25, 0.3) is 0 Å². The number of carbonyl (C=O) groups excluding carboxylic acids is 3. The number of rotatable bonds is 9. The lowest BCUT2D eigenvalue weighted by Gasteiger charge is -2.34. The molecule has 1 heterocycles. The molecule has 0 aromatic heterocycles. The summed E-state index contributed by atoms with van der Waals surface area (Å²) in [6, 6.07) is 11.7. The Morgan fingerprint density at radius 3 is 2.58 bits per heavy atom. The average molecular weight is 574 g/mol. The topological polar surface area (TPSA) is 108 Å². The van der Waals surface area contributed by atoms with E-state index in [0.29, 0.717) is 53.5 Å². The van der Waals surface area contributed by atoms with E-state index in [-0.39, 0.29) is 42.9 Å². The molecule has 218 valence electrons. The first-order chi connectivity index (χ1) is 18.9. The zero-order chi connectivity index (χ0) is 29.4. The Balaban J connectivity index is 1.84. The summed E-state index contributed by atoms with van der Waals surface area (Å²) in [5.74, 6) is -0.528. The average Bonchev–Trinajstić information content (AvgIpc) is 2.93. The van der Waals surface area contributed by atoms with Gasteiger partial charge in [0.25, 0.3) is 0 Å². The number of likely N-dealkylation sites (tertiary alicyclic amines) is 1. The summed E-state index contributed by atoms with van der Waals surface area (Å²) >= 11 is 6.34. The molecule has 1 saturated heterocycles. The van der Waals surface area contributed by atoms with Gasteiger partial charge in [0.2, 0.25) is 5.91 Å². The van der Waals surface area contributed by atoms with Crippen LogP contribution in [-0.2, 0) is 14.3 Å². The lowest BCUT2D eigenvalue weighted by molar-refractivity contribution is -0.149. The first-order valence-corrected chi connectivity index (χ1v) is 13.9. The van der Waals surface area contributed by atoms with Gasteiger partial charge in [0.15, 0.2) is 0 Å². The van der Waals surface area contributed by atoms with Gasteiger partial charge in [0, 0.05) is 41.5 Å². The number of nitrogens with zero attached hydrogens (tertiary/aromatic N) is 2. The van der Waals surface area contributed by atoms with Crippen molar-refractivity contribution >= 4 is 35.2 Å². The van der Waals surface area contributed by atoms with E-state index in [0.717, 1.165) is 0 Å². The number of esters is 1. The second kappa shape index (κ2) is 13.9. The van der Waals surface area contributed by atoms with Crippen LogP contribution in [0.3, 0.4) is 0 Å². The zero-order valence-corrected chi connectivity index (χ0v) is 24.7. The molecule has 40 heavy (non-hydrogen) atoms. The van der Waals surface area contributed by atoms with E-state index < -0.39 is 12.1 Å². The molecule has 0 bridgehead atoms. The van der Waals surface area contributed by atoms with Gasteiger partial charge in [-0.25, -0.2) is 4.79 Å². The SMILES string of the molecule is CCOC(=O)C1CCCN(C(=O)NCC(=O)N(CC(C)(C)C)c2ccc(Cl)cc2C(O)c2ccccc2OC)C1. The van der Waals surface area contributed by atoms with Gasteiger partial charge in [-0.3, -0.25) is 9.59 Å². The molecule has 0 radical (unpaired) electrons. The molecule has 9 nitrogen and oxygen atoms in total. The third-order valence-corrected chi connectivity index (χ3v) is 6.90. The molecule has 2 atom stereocenters. The lowest BCUT2D eigenvalue weighted by atomic mass is 9.93. The van der Waals surface area contributed by atoms with Crippen LogP contribution in [0, 0.1) is 11.3 Å². The van der Waals surface area contributed by atoms with Crippen LogP contribution >= 0.6 is 11.6 Å². The predicted molar refractivity (Wildman–Crippen MR) is 155 cm³/mol. The van der Waals surface area contributed by atoms with Gasteiger partial charge < -0.3 is 29.7 Å². The maximum absolute atomic E-state index is 13.7. The first kappa shape index (κ1) is 31.2. The number of anilines is 1. The molecule has 2 unspecified atom stereocenters. The molecule has 0 spiro atoms. The second-order valence-electron chi connectivity index (χ2n) is 11.1. The molecular formula is C30H40ClN3O6. The summed E-state index contributed by atoms with van der Waals surface area (Å²) in [4.78, 5) is 41.9. The molecule has 3 rings (SSSR count). The predicted octanol–water partition coefficient (Wildman–Crippen LogP) is 4.79. The van der Waals surface area contributed by atoms with Crippen LogP contribution in [0.15, 0.2) is 42.5 Å². The number of para-hydroxylation sites is 1. The highest BCUT2D eigenvalue weighted by Crippen LogP contribution is 2.37. The van der Waals surface area contributed by atoms with Crippen molar-refractivity contribution in [1.82, 2.24) is 10.2 Å². The Kier molecular flexibility index (Phi) is 10.8. The maximum Gasteiger partial charge on any atom is 0.317 e. The number of aliphatic hydroxyl groups is 1. The number of piperidine rings is 1. The van der Waals surface area contributed by atoms with Crippen molar-refractivity contribution in [3.05, 3.63) is 58.6 Å². The fraction of sp³-hybridized carbons (Fsp3) is 0.500. The van der Waals surface area contributed by atoms with Gasteiger partial charge in [0.1, 0.15) is 11.9 Å². The second-order valence-corrected chi connectivity index (χ2v) is 11.5. The first-order valence-electron chi connectivity index (χ1n) is 13.5. The number of urea groups is 1. The smallest absolute Gasteiger partial charge is 0.317 e. The van der Waals surface area contributed by atoms with Crippen molar-refractivity contribution in [2.24, 2.45) is 11.3 Å². The molecule has 1 fully saturated rings. The third-order valence-electron chi connectivity index (χ3n) is 6.66. The number of benzene rings is 2. The number of ether oxygens (including phenoxy) is 2. The molecule has 1 aliphatic rings. The zero-order valence-electron chi connectivity index (χ0n) is 23.9. The highest BCUT2D eigenvalue weighted by Gasteiger charge is 2.31. The lowest BCUT2D eigenvalue weighted by Crippen LogP contribution is -2.50. The van der Waals surface area contributed by atoms with E-state index in [1.807, 2.05) is 26.8 Å². The van der Waals surface area contributed by atoms with Crippen molar-refractivity contribution in [3.63, 3.8) is 0 Å². The number of carbonyl (C=O) groups is 3. The highest BCUT2D eigenvalue weighted by atomic mass is 35.5. The fourth-order valence-electron chi connectivity index (χ4n) is 4.80. The number of methoxy groups -OCH3 is 1. The standard InChI is InChI=1S/C30H40ClN3O6/c1-6-40-28(37)20-10-9-15-33(18-20)29(38)32-17-26(35)34(19-30(2,3)4)24-14-13-21(31)16-23(24)27(36)22-11-7-8-12-25(22)39-5/h7-8,11-14,16,20,27,36H,6,9-10,15,17-19H2,1-5H3,(H,32,38). The van der Waals surface area contributed by atoms with Crippen molar-refractivity contribution in [1.29, 1.82) is 0 Å². The van der Waals surface area contributed by atoms with Gasteiger partial charge in [-0.2, -0.15) is 0 Å². The van der Waals surface area contributed by atoms with E-state index in [4.69, 9.17) is 21.1 Å². The highest BCUT2D eigenvalue weighted by molar-refractivity contribution is 6.30. The number of hydrogen-bond donors (Lipinski definition) is 2. The third kappa shape index (κ3) is 8.11. The molecule has 2 aromatic carbocycles. The molecule has 0 saturated carbocycles. The van der Waals surface area contributed by atoms with Gasteiger partial charge in [-0.15, -0.1) is 0 Å². The molecule has 0 aliphatic carbocycles. The number of aliphatic hydroxyl groups excluding tert-OH is 1. The van der Waals surface area contributed by atoms with Crippen LogP contribution in [0.4, 0.5) is 10.5 Å². The molecule has 2 N–H and O–H groups in total. The fourth-order valence-corrected chi connectivity index (χ4v) is 4.99. The Morgan fingerprint density at radius 2 is 1.90 bits per heavy atom. The number of nitrogens with one attached hydrogen (secondary N) is 1. The largest absolute Gasteiger partial charge is 0.496 e. The van der Waals surface area contributed by atoms with Crippen LogP contribution in [0.2, 0.25) is 5.02 Å². The van der Waals surface area contributed by atoms with Crippen molar-refractivity contribution < 1.29 is 29.0 Å². The van der Waals surface area contributed by atoms with E-state index in [1.54, 1.807) is 53.1 Å². The van der Waals surface area contributed by atoms with E-state index in [2.05, 4.69) is 5.32 Å². The van der Waals surface area contributed by atoms with Crippen LogP contribution in [0.1, 0.15) is 57.8 Å². The Hall–Kier alpha value is -3.30. The summed E-state index contributed by atoms with van der Waals surface area (Å²) < 4.78 is 10.6. The van der Waals surface area contributed by atoms with Crippen LogP contribution < -0.4 is 15.0 Å². The summed E-state index contributed by atoms with van der Waals surface area (Å²) in [5.41, 5.74) is 1.16. The van der Waals surface area contributed by atoms with E-state index in [9.17, 15) is 19.5 Å². The van der Waals surface area contributed by atoms with Crippen molar-refractivity contribution in [2.45, 2.75) is 46.6 Å². The Morgan fingerprint density at radius 1 is 1.18 bits per heavy atom. The van der Waals surface area contributed by atoms with Gasteiger partial charge in [-0.05, 0) is 49.4 Å². The molecule has 2 aromatic rings. The maximum atomic E-state index is 13.7. The minimum absolute atomic E-state index is 0.247. The Labute approximate surface area is 241 Å². The summed E-state index contributed by atoms with van der Waals surface area (Å²) in [6.07, 6.45) is 0.216. The van der Waals surface area contributed by atoms with E-state index >= 15 is 0 Å². The number of amides is 3. The quantitative estimate of drug-likeness (QED) is 0.417. The summed E-state index contributed by atoms with van der Waals surface area (Å²) in [7, 11) is 1.53. The number of hydrogen-bond acceptors (Lipinski definition) is 6. The van der Waals surface area contributed by atoms with E-state index in [1.165, 1.54) is 7.11 Å². The number of halogens is 1. The van der Waals surface area contributed by atoms with Crippen LogP contribution in [0.5, 0.6) is 5.75 Å². The molecule has 3 amide bonds. The molecule has 10 heteroatoms. The summed E-state index contributed by atoms with van der Waals surface area (Å²) in [5, 5.41) is 14.6. The molecule has 1 aliphatic heterocycles. The molecular weight excluding hydrogens is 534 g/mol. The summed E-state index contributed by atoms with van der Waals surface area (Å²) in [6.45, 7) is 8.85. The minimum Gasteiger partial charge on any atom is -0.496 e.